The maximum absolute atomic E-state index is 2.60. The Morgan fingerprint density at radius 3 is 1.00 bits per heavy atom. The van der Waals surface area contributed by atoms with Crippen LogP contribution < -0.4 is 9.80 Å². The highest BCUT2D eigenvalue weighted by atomic mass is 15.2. The van der Waals surface area contributed by atoms with E-state index in [0.29, 0.717) is 0 Å². The Morgan fingerprint density at radius 1 is 0.173 bits per heavy atom. The number of aromatic nitrogens is 1. The second-order valence-corrected chi connectivity index (χ2v) is 30.6. The number of fused-ring (bicyclic) bond motifs is 32. The van der Waals surface area contributed by atoms with Gasteiger partial charge in [-0.05, 0) is 199 Å². The van der Waals surface area contributed by atoms with Crippen LogP contribution >= 0.6 is 0 Å². The summed E-state index contributed by atoms with van der Waals surface area (Å²) in [5.74, 6) is 0. The quantitative estimate of drug-likeness (QED) is 0.159. The Kier molecular flexibility index (Phi) is 12.0. The normalized spacial score (nSPS) is 15.4. The molecule has 25 rings (SSSR count). The van der Waals surface area contributed by atoms with Crippen LogP contribution in [0.25, 0.3) is 116 Å². The van der Waals surface area contributed by atoms with E-state index in [0.717, 1.165) is 45.0 Å². The molecular weight excluding hydrogens is 1330 g/mol. The summed E-state index contributed by atoms with van der Waals surface area (Å²) in [6.07, 6.45) is 0. The van der Waals surface area contributed by atoms with Gasteiger partial charge in [0, 0.05) is 33.3 Å². The molecule has 3 heteroatoms. The van der Waals surface area contributed by atoms with Crippen molar-refractivity contribution in [1.29, 1.82) is 0 Å². The fourth-order valence-electron chi connectivity index (χ4n) is 22.2. The molecule has 1 atom stereocenters. The topological polar surface area (TPSA) is 11.4 Å². The van der Waals surface area contributed by atoms with Crippen LogP contribution in [-0.4, -0.2) is 4.57 Å². The summed E-state index contributed by atoms with van der Waals surface area (Å²) in [7, 11) is 0. The van der Waals surface area contributed by atoms with Crippen molar-refractivity contribution in [3.63, 3.8) is 0 Å². The first-order valence-electron chi connectivity index (χ1n) is 38.6. The van der Waals surface area contributed by atoms with E-state index < -0.39 is 16.2 Å². The molecule has 508 valence electrons. The first kappa shape index (κ1) is 60.1. The highest BCUT2D eigenvalue weighted by Gasteiger charge is 2.56. The van der Waals surface area contributed by atoms with Crippen LogP contribution in [0.2, 0.25) is 0 Å². The molecule has 1 unspecified atom stereocenters. The van der Waals surface area contributed by atoms with Crippen molar-refractivity contribution in [3.8, 4) is 72.4 Å². The van der Waals surface area contributed by atoms with E-state index in [-0.39, 0.29) is 0 Å². The Bertz CT molecular complexity index is 6870. The summed E-state index contributed by atoms with van der Waals surface area (Å²) >= 11 is 0. The molecule has 3 aliphatic heterocycles. The Hall–Kier alpha value is -14.1. The van der Waals surface area contributed by atoms with Gasteiger partial charge < -0.3 is 14.4 Å². The molecule has 0 radical (unpaired) electrons. The number of para-hydroxylation sites is 9. The fraction of sp³-hybridized carbons (Fsp3) is 0.0280. The molecule has 0 fully saturated rings. The Morgan fingerprint density at radius 2 is 0.491 bits per heavy atom. The number of anilines is 6. The SMILES string of the molecule is c1ccc(N2c3ccccc3C3(c4ccccc4-c4ccccc43)c3cccc(-c4cccc5c(-c6cccc7c6-c6ccccc6C76c7ccccc7-n7c8ccccc8c8cccc6c87)c6cccc(-c7cccc8c7N(c7ccccc7)c7ccccc7C87c8ccccc8-c8ccccc87)c6cc45)c32)cc1. The van der Waals surface area contributed by atoms with E-state index in [9.17, 15) is 0 Å². The summed E-state index contributed by atoms with van der Waals surface area (Å²) in [6, 6.07) is 151. The number of benzene rings is 18. The van der Waals surface area contributed by atoms with Gasteiger partial charge >= 0.3 is 0 Å². The van der Waals surface area contributed by atoms with Gasteiger partial charge in [0.2, 0.25) is 0 Å². The number of nitrogens with zero attached hydrogens (tertiary/aromatic N) is 3. The lowest BCUT2D eigenvalue weighted by Crippen LogP contribution is -2.36. The summed E-state index contributed by atoms with van der Waals surface area (Å²) < 4.78 is 2.56. The molecule has 0 saturated heterocycles. The van der Waals surface area contributed by atoms with Crippen molar-refractivity contribution in [3.05, 3.63) is 461 Å². The molecule has 3 nitrogen and oxygen atoms in total. The lowest BCUT2D eigenvalue weighted by molar-refractivity contribution is 0.748. The highest BCUT2D eigenvalue weighted by molar-refractivity contribution is 6.23. The van der Waals surface area contributed by atoms with Gasteiger partial charge in [0.1, 0.15) is 0 Å². The standard InChI is InChI=1S/C107H65N3/c1-3-31-66(32-4-1)108-97-62-22-18-54-89(97)105(84-49-13-7-35-70(84)71-36-8-14-50-85(71)105)93-58-27-45-77(102(93)108)68-41-25-43-75-82(68)65-83-69(78-46-28-59-94-103(78)109(67-33-5-2-6-34-67)98-63-23-19-55-90(98)106(94)86-51-15-9-37-72(86)73-38-10-16-52-87(73)106)42-26-44-76(83)100(75)81-48-30-57-92-101(81)80-40-11-17-53-88(80)107(92)91-56-20-24-64-99(91)110-96-61-21-12-39-74(96)79-47-29-60-95(107)104(79)110/h1-65H. The third-order valence-electron chi connectivity index (χ3n) is 26.0. The minimum absolute atomic E-state index is 0.659. The van der Waals surface area contributed by atoms with Gasteiger partial charge in [-0.15, -0.1) is 0 Å². The third-order valence-corrected chi connectivity index (χ3v) is 26.0. The number of rotatable bonds is 5. The molecule has 3 spiro atoms. The van der Waals surface area contributed by atoms with Gasteiger partial charge in [-0.2, -0.15) is 0 Å². The van der Waals surface area contributed by atoms with Gasteiger partial charge in [-0.3, -0.25) is 0 Å². The van der Waals surface area contributed by atoms with E-state index in [1.165, 1.54) is 172 Å². The summed E-state index contributed by atoms with van der Waals surface area (Å²) in [5, 5.41) is 7.24. The molecule has 6 aliphatic rings. The molecule has 19 aromatic rings. The van der Waals surface area contributed by atoms with Crippen LogP contribution in [0.4, 0.5) is 34.1 Å². The van der Waals surface area contributed by atoms with Crippen LogP contribution in [-0.2, 0) is 16.2 Å². The van der Waals surface area contributed by atoms with Crippen molar-refractivity contribution in [1.82, 2.24) is 4.57 Å². The van der Waals surface area contributed by atoms with Crippen molar-refractivity contribution in [2.24, 2.45) is 0 Å². The fourth-order valence-corrected chi connectivity index (χ4v) is 22.2. The predicted molar refractivity (Wildman–Crippen MR) is 454 cm³/mol. The predicted octanol–water partition coefficient (Wildman–Crippen LogP) is 27.1. The first-order chi connectivity index (χ1) is 54.7. The number of hydrogen-bond donors (Lipinski definition) is 0. The molecule has 3 aliphatic carbocycles. The van der Waals surface area contributed by atoms with Crippen LogP contribution in [0.5, 0.6) is 0 Å². The minimum Gasteiger partial charge on any atom is -0.309 e. The van der Waals surface area contributed by atoms with E-state index in [4.69, 9.17) is 0 Å². The lowest BCUT2D eigenvalue weighted by atomic mass is 9.64. The lowest BCUT2D eigenvalue weighted by Gasteiger charge is -2.46. The molecule has 110 heavy (non-hydrogen) atoms. The molecule has 0 amide bonds. The van der Waals surface area contributed by atoms with Gasteiger partial charge in [0.25, 0.3) is 0 Å². The summed E-state index contributed by atoms with van der Waals surface area (Å²) in [5.41, 5.74) is 38.6. The minimum atomic E-state index is -0.680. The second kappa shape index (κ2) is 22.0. The zero-order valence-electron chi connectivity index (χ0n) is 59.9. The molecule has 4 heterocycles. The zero-order chi connectivity index (χ0) is 71.7. The molecular formula is C107H65N3. The molecule has 0 bridgehead atoms. The van der Waals surface area contributed by atoms with Crippen LogP contribution in [0.3, 0.4) is 0 Å². The van der Waals surface area contributed by atoms with E-state index in [1.54, 1.807) is 0 Å². The largest absolute Gasteiger partial charge is 0.309 e. The summed E-state index contributed by atoms with van der Waals surface area (Å²) in [6.45, 7) is 0. The summed E-state index contributed by atoms with van der Waals surface area (Å²) in [4.78, 5) is 5.18. The van der Waals surface area contributed by atoms with Gasteiger partial charge in [0.15, 0.2) is 0 Å². The Labute approximate surface area is 637 Å². The van der Waals surface area contributed by atoms with Crippen LogP contribution in [0, 0.1) is 0 Å². The van der Waals surface area contributed by atoms with E-state index in [2.05, 4.69) is 409 Å². The monoisotopic (exact) mass is 1390 g/mol. The molecule has 1 aromatic heterocycles. The van der Waals surface area contributed by atoms with Gasteiger partial charge in [-0.25, -0.2) is 0 Å². The van der Waals surface area contributed by atoms with E-state index in [1.807, 2.05) is 0 Å². The molecule has 18 aromatic carbocycles. The van der Waals surface area contributed by atoms with Crippen molar-refractivity contribution >= 4 is 77.5 Å². The average Bonchev–Trinajstić information content (AvgIpc) is 1.47. The second-order valence-electron chi connectivity index (χ2n) is 30.6. The van der Waals surface area contributed by atoms with Crippen molar-refractivity contribution in [2.45, 2.75) is 16.2 Å². The van der Waals surface area contributed by atoms with Crippen molar-refractivity contribution < 1.29 is 0 Å². The molecule has 0 saturated carbocycles. The highest BCUT2D eigenvalue weighted by Crippen LogP contribution is 2.69. The average molecular weight is 1390 g/mol. The maximum Gasteiger partial charge on any atom is 0.0754 e. The Balaban J connectivity index is 0.833. The van der Waals surface area contributed by atoms with Gasteiger partial charge in [0.05, 0.1) is 55.7 Å². The van der Waals surface area contributed by atoms with E-state index >= 15 is 0 Å². The zero-order valence-corrected chi connectivity index (χ0v) is 59.9. The number of hydrogen-bond acceptors (Lipinski definition) is 2. The van der Waals surface area contributed by atoms with Crippen molar-refractivity contribution in [2.75, 3.05) is 9.80 Å². The first-order valence-corrected chi connectivity index (χ1v) is 38.6. The van der Waals surface area contributed by atoms with Crippen LogP contribution in [0.15, 0.2) is 394 Å². The maximum atomic E-state index is 2.60. The van der Waals surface area contributed by atoms with Crippen LogP contribution in [0.1, 0.15) is 66.8 Å². The third kappa shape index (κ3) is 7.31. The smallest absolute Gasteiger partial charge is 0.0754 e. The van der Waals surface area contributed by atoms with Gasteiger partial charge in [-0.1, -0.05) is 340 Å². The molecule has 0 N–H and O–H groups in total.